The minimum Gasteiger partial charge on any atom is -0.324 e. The van der Waals surface area contributed by atoms with Gasteiger partial charge in [0.2, 0.25) is 5.91 Å². The third kappa shape index (κ3) is 5.26. The number of hydrogen-bond donors (Lipinski definition) is 1. The van der Waals surface area contributed by atoms with E-state index >= 15 is 0 Å². The maximum Gasteiger partial charge on any atom is 0.238 e. The number of aryl methyl sites for hydroxylation is 1. The monoisotopic (exact) mass is 358 g/mol. The molecule has 2 heterocycles. The molecule has 1 saturated heterocycles. The van der Waals surface area contributed by atoms with E-state index in [2.05, 4.69) is 32.2 Å². The molecule has 0 radical (unpaired) electrons. The summed E-state index contributed by atoms with van der Waals surface area (Å²) in [5.74, 6) is -0.0262. The van der Waals surface area contributed by atoms with Crippen molar-refractivity contribution in [3.63, 3.8) is 0 Å². The molecule has 25 heavy (non-hydrogen) atoms. The summed E-state index contributed by atoms with van der Waals surface area (Å²) in [4.78, 5) is 21.2. The van der Waals surface area contributed by atoms with Crippen LogP contribution in [0.2, 0.25) is 5.02 Å². The SMILES string of the molecule is Cc1ccc(CN2CCN(CC(=O)Nc3ccccc3Cl)CC2)nc1. The lowest BCUT2D eigenvalue weighted by atomic mass is 10.2. The van der Waals surface area contributed by atoms with Gasteiger partial charge in [-0.2, -0.15) is 0 Å². The number of aromatic nitrogens is 1. The molecule has 0 unspecified atom stereocenters. The molecule has 6 heteroatoms. The summed E-state index contributed by atoms with van der Waals surface area (Å²) in [6, 6.07) is 11.5. The summed E-state index contributed by atoms with van der Waals surface area (Å²) in [5, 5.41) is 3.44. The molecule has 1 amide bonds. The molecule has 5 nitrogen and oxygen atoms in total. The highest BCUT2D eigenvalue weighted by Crippen LogP contribution is 2.20. The van der Waals surface area contributed by atoms with Crippen molar-refractivity contribution in [1.29, 1.82) is 0 Å². The molecule has 1 aliphatic heterocycles. The quantitative estimate of drug-likeness (QED) is 0.892. The molecule has 132 valence electrons. The second-order valence-corrected chi connectivity index (χ2v) is 6.81. The van der Waals surface area contributed by atoms with E-state index in [1.807, 2.05) is 31.3 Å². The van der Waals surface area contributed by atoms with Gasteiger partial charge < -0.3 is 5.32 Å². The predicted molar refractivity (Wildman–Crippen MR) is 101 cm³/mol. The lowest BCUT2D eigenvalue weighted by molar-refractivity contribution is -0.117. The Kier molecular flexibility index (Phi) is 6.02. The number of amides is 1. The Morgan fingerprint density at radius 1 is 1.12 bits per heavy atom. The second kappa shape index (κ2) is 8.43. The molecule has 1 aromatic carbocycles. The molecule has 1 aromatic heterocycles. The zero-order valence-corrected chi connectivity index (χ0v) is 15.2. The highest BCUT2D eigenvalue weighted by molar-refractivity contribution is 6.33. The Hall–Kier alpha value is -1.95. The highest BCUT2D eigenvalue weighted by atomic mass is 35.5. The van der Waals surface area contributed by atoms with E-state index in [0.29, 0.717) is 17.3 Å². The normalized spacial score (nSPS) is 15.9. The number of nitrogens with zero attached hydrogens (tertiary/aromatic N) is 3. The van der Waals surface area contributed by atoms with E-state index in [4.69, 9.17) is 11.6 Å². The molecular weight excluding hydrogens is 336 g/mol. The Morgan fingerprint density at radius 2 is 1.84 bits per heavy atom. The summed E-state index contributed by atoms with van der Waals surface area (Å²) in [5.41, 5.74) is 2.94. The summed E-state index contributed by atoms with van der Waals surface area (Å²) >= 11 is 6.08. The van der Waals surface area contributed by atoms with Gasteiger partial charge in [0.15, 0.2) is 0 Å². The van der Waals surface area contributed by atoms with Crippen molar-refractivity contribution >= 4 is 23.2 Å². The lowest BCUT2D eigenvalue weighted by Crippen LogP contribution is -2.48. The van der Waals surface area contributed by atoms with Crippen LogP contribution in [-0.4, -0.2) is 53.4 Å². The maximum atomic E-state index is 12.2. The van der Waals surface area contributed by atoms with Crippen LogP contribution in [0.4, 0.5) is 5.69 Å². The van der Waals surface area contributed by atoms with E-state index in [-0.39, 0.29) is 5.91 Å². The van der Waals surface area contributed by atoms with Crippen molar-refractivity contribution in [3.05, 3.63) is 58.9 Å². The van der Waals surface area contributed by atoms with Gasteiger partial charge in [0.05, 0.1) is 22.9 Å². The summed E-state index contributed by atoms with van der Waals surface area (Å²) in [6.07, 6.45) is 1.91. The molecule has 0 spiro atoms. The lowest BCUT2D eigenvalue weighted by Gasteiger charge is -2.34. The average Bonchev–Trinajstić information content (AvgIpc) is 2.61. The van der Waals surface area contributed by atoms with Gasteiger partial charge in [-0.15, -0.1) is 0 Å². The van der Waals surface area contributed by atoms with E-state index in [9.17, 15) is 4.79 Å². The van der Waals surface area contributed by atoms with Gasteiger partial charge >= 0.3 is 0 Å². The number of rotatable bonds is 5. The van der Waals surface area contributed by atoms with Gasteiger partial charge in [0, 0.05) is 38.9 Å². The predicted octanol–water partition coefficient (Wildman–Crippen LogP) is 2.80. The molecule has 0 bridgehead atoms. The van der Waals surface area contributed by atoms with Gasteiger partial charge in [-0.3, -0.25) is 19.6 Å². The van der Waals surface area contributed by atoms with E-state index in [0.717, 1.165) is 38.4 Å². The summed E-state index contributed by atoms with van der Waals surface area (Å²) in [7, 11) is 0. The van der Waals surface area contributed by atoms with E-state index in [1.54, 1.807) is 6.07 Å². The summed E-state index contributed by atoms with van der Waals surface area (Å²) in [6.45, 7) is 6.93. The van der Waals surface area contributed by atoms with Crippen LogP contribution in [0.1, 0.15) is 11.3 Å². The van der Waals surface area contributed by atoms with Gasteiger partial charge in [0.1, 0.15) is 0 Å². The molecule has 0 aliphatic carbocycles. The molecule has 3 rings (SSSR count). The molecule has 0 saturated carbocycles. The van der Waals surface area contributed by atoms with Crippen molar-refractivity contribution in [2.24, 2.45) is 0 Å². The standard InChI is InChI=1S/C19H23ClN4O/c1-15-6-7-16(21-12-15)13-23-8-10-24(11-9-23)14-19(25)22-18-5-3-2-4-17(18)20/h2-7,12H,8-11,13-14H2,1H3,(H,22,25). The fraction of sp³-hybridized carbons (Fsp3) is 0.368. The number of carbonyl (C=O) groups excluding carboxylic acids is 1. The first-order valence-corrected chi connectivity index (χ1v) is 8.88. The minimum atomic E-state index is -0.0262. The van der Waals surface area contributed by atoms with Gasteiger partial charge in [-0.05, 0) is 30.7 Å². The number of piperazine rings is 1. The van der Waals surface area contributed by atoms with Crippen molar-refractivity contribution in [3.8, 4) is 0 Å². The Balaban J connectivity index is 1.43. The smallest absolute Gasteiger partial charge is 0.238 e. The van der Waals surface area contributed by atoms with Crippen LogP contribution >= 0.6 is 11.6 Å². The Labute approximate surface area is 153 Å². The molecular formula is C19H23ClN4O. The van der Waals surface area contributed by atoms with Crippen LogP contribution in [0, 0.1) is 6.92 Å². The van der Waals surface area contributed by atoms with Crippen LogP contribution < -0.4 is 5.32 Å². The van der Waals surface area contributed by atoms with Gasteiger partial charge in [-0.25, -0.2) is 0 Å². The number of hydrogen-bond acceptors (Lipinski definition) is 4. The van der Waals surface area contributed by atoms with E-state index < -0.39 is 0 Å². The number of carbonyl (C=O) groups is 1. The van der Waals surface area contributed by atoms with Crippen molar-refractivity contribution in [2.45, 2.75) is 13.5 Å². The van der Waals surface area contributed by atoms with Crippen LogP contribution in [-0.2, 0) is 11.3 Å². The molecule has 1 N–H and O–H groups in total. The molecule has 1 aliphatic rings. The average molecular weight is 359 g/mol. The highest BCUT2D eigenvalue weighted by Gasteiger charge is 2.19. The first-order chi connectivity index (χ1) is 12.1. The van der Waals surface area contributed by atoms with Crippen molar-refractivity contribution < 1.29 is 4.79 Å². The van der Waals surface area contributed by atoms with Crippen molar-refractivity contribution in [1.82, 2.24) is 14.8 Å². The van der Waals surface area contributed by atoms with Crippen LogP contribution in [0.15, 0.2) is 42.6 Å². The molecule has 2 aromatic rings. The zero-order chi connectivity index (χ0) is 17.6. The van der Waals surface area contributed by atoms with Crippen LogP contribution in [0.5, 0.6) is 0 Å². The number of para-hydroxylation sites is 1. The van der Waals surface area contributed by atoms with E-state index in [1.165, 1.54) is 5.56 Å². The zero-order valence-electron chi connectivity index (χ0n) is 14.4. The number of pyridine rings is 1. The molecule has 0 atom stereocenters. The number of benzene rings is 1. The first-order valence-electron chi connectivity index (χ1n) is 8.51. The molecule has 1 fully saturated rings. The Bertz CT molecular complexity index is 712. The van der Waals surface area contributed by atoms with Crippen molar-refractivity contribution in [2.75, 3.05) is 38.0 Å². The number of nitrogens with one attached hydrogen (secondary N) is 1. The third-order valence-corrected chi connectivity index (χ3v) is 4.67. The number of halogens is 1. The third-order valence-electron chi connectivity index (χ3n) is 4.34. The fourth-order valence-corrected chi connectivity index (χ4v) is 3.06. The minimum absolute atomic E-state index is 0.0262. The van der Waals surface area contributed by atoms with Crippen LogP contribution in [0.25, 0.3) is 0 Å². The second-order valence-electron chi connectivity index (χ2n) is 6.41. The maximum absolute atomic E-state index is 12.2. The summed E-state index contributed by atoms with van der Waals surface area (Å²) < 4.78 is 0. The van der Waals surface area contributed by atoms with Gasteiger partial charge in [0.25, 0.3) is 0 Å². The Morgan fingerprint density at radius 3 is 2.52 bits per heavy atom. The number of anilines is 1. The first kappa shape index (κ1) is 17.9. The van der Waals surface area contributed by atoms with Gasteiger partial charge in [-0.1, -0.05) is 29.8 Å². The topological polar surface area (TPSA) is 48.5 Å². The fourth-order valence-electron chi connectivity index (χ4n) is 2.88. The van der Waals surface area contributed by atoms with Crippen LogP contribution in [0.3, 0.4) is 0 Å². The largest absolute Gasteiger partial charge is 0.324 e.